The highest BCUT2D eigenvalue weighted by Crippen LogP contribution is 2.21. The number of nitrogens with zero attached hydrogens (tertiary/aromatic N) is 1. The molecule has 0 atom stereocenters. The third kappa shape index (κ3) is 3.30. The van der Waals surface area contributed by atoms with E-state index in [9.17, 15) is 0 Å². The van der Waals surface area contributed by atoms with Crippen molar-refractivity contribution in [1.29, 1.82) is 0 Å². The van der Waals surface area contributed by atoms with Crippen molar-refractivity contribution in [3.63, 3.8) is 0 Å². The normalized spacial score (nSPS) is 18.3. The molecule has 0 spiro atoms. The fourth-order valence-electron chi connectivity index (χ4n) is 2.59. The van der Waals surface area contributed by atoms with E-state index in [2.05, 4.69) is 55.3 Å². The molecule has 2 nitrogen and oxygen atoms in total. The Labute approximate surface area is 105 Å². The van der Waals surface area contributed by atoms with Crippen LogP contribution in [0.1, 0.15) is 25.0 Å². The summed E-state index contributed by atoms with van der Waals surface area (Å²) in [5.74, 6) is 0. The largest absolute Gasteiger partial charge is 0.314 e. The van der Waals surface area contributed by atoms with Crippen LogP contribution in [0.3, 0.4) is 0 Å². The van der Waals surface area contributed by atoms with Gasteiger partial charge in [0.05, 0.1) is 0 Å². The standard InChI is InChI=1S/C15H24N2/c1-13-4-6-14(7-5-13)12-15(2,3)17-10-8-16-9-11-17/h4-7,16H,8-12H2,1-3H3. The number of benzene rings is 1. The highest BCUT2D eigenvalue weighted by atomic mass is 15.2. The fraction of sp³-hybridized carbons (Fsp3) is 0.600. The van der Waals surface area contributed by atoms with E-state index in [0.29, 0.717) is 0 Å². The smallest absolute Gasteiger partial charge is 0.0194 e. The number of aryl methyl sites for hydroxylation is 1. The van der Waals surface area contributed by atoms with Crippen LogP contribution < -0.4 is 5.32 Å². The predicted molar refractivity (Wildman–Crippen MR) is 73.4 cm³/mol. The van der Waals surface area contributed by atoms with Crippen molar-refractivity contribution in [1.82, 2.24) is 10.2 Å². The molecule has 1 aromatic carbocycles. The van der Waals surface area contributed by atoms with Crippen LogP contribution in [0.15, 0.2) is 24.3 Å². The highest BCUT2D eigenvalue weighted by Gasteiger charge is 2.27. The molecular formula is C15H24N2. The van der Waals surface area contributed by atoms with Crippen LogP contribution in [0.4, 0.5) is 0 Å². The molecule has 17 heavy (non-hydrogen) atoms. The Balaban J connectivity index is 2.02. The Morgan fingerprint density at radius 2 is 1.71 bits per heavy atom. The third-order valence-electron chi connectivity index (χ3n) is 3.73. The van der Waals surface area contributed by atoms with Crippen molar-refractivity contribution >= 4 is 0 Å². The van der Waals surface area contributed by atoms with Gasteiger partial charge in [-0.05, 0) is 32.8 Å². The first-order valence-corrected chi connectivity index (χ1v) is 6.59. The summed E-state index contributed by atoms with van der Waals surface area (Å²) < 4.78 is 0. The molecule has 1 N–H and O–H groups in total. The lowest BCUT2D eigenvalue weighted by Gasteiger charge is -2.41. The van der Waals surface area contributed by atoms with E-state index in [1.807, 2.05) is 0 Å². The van der Waals surface area contributed by atoms with Gasteiger partial charge >= 0.3 is 0 Å². The summed E-state index contributed by atoms with van der Waals surface area (Å²) in [6.07, 6.45) is 1.13. The summed E-state index contributed by atoms with van der Waals surface area (Å²) in [6, 6.07) is 8.95. The van der Waals surface area contributed by atoms with Gasteiger partial charge in [-0.3, -0.25) is 4.90 Å². The molecule has 0 unspecified atom stereocenters. The van der Waals surface area contributed by atoms with Crippen molar-refractivity contribution in [3.8, 4) is 0 Å². The van der Waals surface area contributed by atoms with Crippen LogP contribution in [0.5, 0.6) is 0 Å². The van der Waals surface area contributed by atoms with Crippen LogP contribution in [-0.2, 0) is 6.42 Å². The summed E-state index contributed by atoms with van der Waals surface area (Å²) >= 11 is 0. The molecular weight excluding hydrogens is 208 g/mol. The zero-order valence-corrected chi connectivity index (χ0v) is 11.3. The maximum atomic E-state index is 3.42. The molecule has 94 valence electrons. The van der Waals surface area contributed by atoms with E-state index in [1.165, 1.54) is 24.2 Å². The van der Waals surface area contributed by atoms with Crippen molar-refractivity contribution in [2.45, 2.75) is 32.7 Å². The Hall–Kier alpha value is -0.860. The molecule has 2 heteroatoms. The topological polar surface area (TPSA) is 15.3 Å². The van der Waals surface area contributed by atoms with Gasteiger partial charge in [0.2, 0.25) is 0 Å². The molecule has 1 aromatic rings. The Morgan fingerprint density at radius 3 is 2.29 bits per heavy atom. The van der Waals surface area contributed by atoms with Gasteiger partial charge in [0.25, 0.3) is 0 Å². The maximum Gasteiger partial charge on any atom is 0.0194 e. The van der Waals surface area contributed by atoms with E-state index >= 15 is 0 Å². The first-order valence-electron chi connectivity index (χ1n) is 6.59. The summed E-state index contributed by atoms with van der Waals surface area (Å²) in [5.41, 5.74) is 3.05. The van der Waals surface area contributed by atoms with Crippen LogP contribution in [-0.4, -0.2) is 36.6 Å². The zero-order chi connectivity index (χ0) is 12.3. The van der Waals surface area contributed by atoms with Gasteiger partial charge in [-0.1, -0.05) is 29.8 Å². The van der Waals surface area contributed by atoms with E-state index in [-0.39, 0.29) is 5.54 Å². The van der Waals surface area contributed by atoms with Crippen molar-refractivity contribution in [2.24, 2.45) is 0 Å². The average molecular weight is 232 g/mol. The summed E-state index contributed by atoms with van der Waals surface area (Å²) in [5, 5.41) is 3.42. The zero-order valence-electron chi connectivity index (χ0n) is 11.3. The van der Waals surface area contributed by atoms with Crippen LogP contribution >= 0.6 is 0 Å². The lowest BCUT2D eigenvalue weighted by Crippen LogP contribution is -2.54. The van der Waals surface area contributed by atoms with E-state index in [0.717, 1.165) is 19.5 Å². The van der Waals surface area contributed by atoms with Gasteiger partial charge in [0.1, 0.15) is 0 Å². The average Bonchev–Trinajstić information content (AvgIpc) is 2.33. The van der Waals surface area contributed by atoms with E-state index < -0.39 is 0 Å². The summed E-state index contributed by atoms with van der Waals surface area (Å²) in [4.78, 5) is 2.60. The number of rotatable bonds is 3. The molecule has 1 aliphatic rings. The fourth-order valence-corrected chi connectivity index (χ4v) is 2.59. The SMILES string of the molecule is Cc1ccc(CC(C)(C)N2CCNCC2)cc1. The minimum atomic E-state index is 0.261. The molecule has 1 saturated heterocycles. The Morgan fingerprint density at radius 1 is 1.12 bits per heavy atom. The van der Waals surface area contributed by atoms with Crippen LogP contribution in [0.25, 0.3) is 0 Å². The molecule has 0 aromatic heterocycles. The van der Waals surface area contributed by atoms with Gasteiger partial charge in [-0.25, -0.2) is 0 Å². The minimum absolute atomic E-state index is 0.261. The molecule has 0 radical (unpaired) electrons. The minimum Gasteiger partial charge on any atom is -0.314 e. The number of piperazine rings is 1. The monoisotopic (exact) mass is 232 g/mol. The number of nitrogens with one attached hydrogen (secondary N) is 1. The lowest BCUT2D eigenvalue weighted by atomic mass is 9.92. The summed E-state index contributed by atoms with van der Waals surface area (Å²) in [6.45, 7) is 11.4. The molecule has 2 rings (SSSR count). The van der Waals surface area contributed by atoms with Gasteiger partial charge in [-0.2, -0.15) is 0 Å². The van der Waals surface area contributed by atoms with Crippen molar-refractivity contribution in [3.05, 3.63) is 35.4 Å². The highest BCUT2D eigenvalue weighted by molar-refractivity contribution is 5.23. The van der Waals surface area contributed by atoms with Gasteiger partial charge < -0.3 is 5.32 Å². The molecule has 1 aliphatic heterocycles. The quantitative estimate of drug-likeness (QED) is 0.859. The first kappa shape index (κ1) is 12.6. The predicted octanol–water partition coefficient (Wildman–Crippen LogP) is 2.22. The van der Waals surface area contributed by atoms with Crippen LogP contribution in [0.2, 0.25) is 0 Å². The van der Waals surface area contributed by atoms with Crippen LogP contribution in [0, 0.1) is 6.92 Å². The Kier molecular flexibility index (Phi) is 3.85. The first-order chi connectivity index (χ1) is 8.08. The van der Waals surface area contributed by atoms with E-state index in [4.69, 9.17) is 0 Å². The molecule has 0 saturated carbocycles. The third-order valence-corrected chi connectivity index (χ3v) is 3.73. The Bertz CT molecular complexity index is 348. The molecule has 0 bridgehead atoms. The number of hydrogen-bond acceptors (Lipinski definition) is 2. The molecule has 0 aliphatic carbocycles. The van der Waals surface area contributed by atoms with Crippen molar-refractivity contribution in [2.75, 3.05) is 26.2 Å². The van der Waals surface area contributed by atoms with Gasteiger partial charge in [-0.15, -0.1) is 0 Å². The second-order valence-corrected chi connectivity index (χ2v) is 5.71. The maximum absolute atomic E-state index is 3.42. The number of hydrogen-bond donors (Lipinski definition) is 1. The second kappa shape index (κ2) is 5.19. The second-order valence-electron chi connectivity index (χ2n) is 5.71. The molecule has 1 heterocycles. The molecule has 0 amide bonds. The molecule has 1 fully saturated rings. The van der Waals surface area contributed by atoms with Gasteiger partial charge in [0, 0.05) is 31.7 Å². The van der Waals surface area contributed by atoms with Gasteiger partial charge in [0.15, 0.2) is 0 Å². The summed E-state index contributed by atoms with van der Waals surface area (Å²) in [7, 11) is 0. The van der Waals surface area contributed by atoms with Crippen molar-refractivity contribution < 1.29 is 0 Å². The van der Waals surface area contributed by atoms with E-state index in [1.54, 1.807) is 0 Å². The lowest BCUT2D eigenvalue weighted by molar-refractivity contribution is 0.104.